The van der Waals surface area contributed by atoms with E-state index in [0.29, 0.717) is 24.3 Å². The normalized spacial score (nSPS) is 40.7. The topological polar surface area (TPSA) is 96.3 Å². The summed E-state index contributed by atoms with van der Waals surface area (Å²) in [7, 11) is -1.06. The van der Waals surface area contributed by atoms with Crippen LogP contribution >= 0.6 is 0 Å². The van der Waals surface area contributed by atoms with Crippen molar-refractivity contribution in [1.29, 1.82) is 0 Å². The molecule has 5 rings (SSSR count). The summed E-state index contributed by atoms with van der Waals surface area (Å²) in [6, 6.07) is 4.13. The van der Waals surface area contributed by atoms with Crippen molar-refractivity contribution in [2.24, 2.45) is 5.92 Å². The molecule has 2 heterocycles. The molecule has 0 aromatic heterocycles. The smallest absolute Gasteiger partial charge is 0.298 e. The first-order valence-electron chi connectivity index (χ1n) is 9.00. The highest BCUT2D eigenvalue weighted by molar-refractivity contribution is 7.87. The number of rotatable bonds is 2. The molecule has 26 heavy (non-hydrogen) atoms. The molecule has 1 aromatic carbocycles. The van der Waals surface area contributed by atoms with E-state index in [2.05, 4.69) is 11.9 Å². The largest absolute Gasteiger partial charge is 0.493 e. The number of benzene rings is 1. The van der Waals surface area contributed by atoms with E-state index in [1.165, 1.54) is 0 Å². The highest BCUT2D eigenvalue weighted by atomic mass is 32.2. The van der Waals surface area contributed by atoms with Crippen LogP contribution in [0.2, 0.25) is 0 Å². The lowest BCUT2D eigenvalue weighted by Gasteiger charge is -2.59. The molecule has 2 N–H and O–H groups in total. The van der Waals surface area contributed by atoms with Crippen molar-refractivity contribution in [3.63, 3.8) is 0 Å². The minimum Gasteiger partial charge on any atom is -0.493 e. The molecule has 1 saturated carbocycles. The molecule has 1 unspecified atom stereocenters. The molecule has 0 radical (unpaired) electrons. The van der Waals surface area contributed by atoms with Gasteiger partial charge >= 0.3 is 0 Å². The van der Waals surface area contributed by atoms with E-state index in [0.717, 1.165) is 24.1 Å². The highest BCUT2D eigenvalue weighted by Gasteiger charge is 2.72. The lowest BCUT2D eigenvalue weighted by molar-refractivity contribution is -0.121. The number of hydrogen-bond acceptors (Lipinski definition) is 6. The van der Waals surface area contributed by atoms with Crippen molar-refractivity contribution in [3.05, 3.63) is 23.3 Å². The molecule has 8 heteroatoms. The van der Waals surface area contributed by atoms with Gasteiger partial charge in [0.05, 0.1) is 7.11 Å². The summed E-state index contributed by atoms with van der Waals surface area (Å²) in [6.07, 6.45) is 1.03. The molecule has 1 aromatic rings. The number of nitrogens with zero attached hydrogens (tertiary/aromatic N) is 1. The van der Waals surface area contributed by atoms with Gasteiger partial charge in [-0.1, -0.05) is 6.07 Å². The number of likely N-dealkylation sites (N-methyl/N-ethyl adjacent to an activating group) is 1. The van der Waals surface area contributed by atoms with Gasteiger partial charge in [-0.2, -0.15) is 8.42 Å². The molecule has 142 valence electrons. The van der Waals surface area contributed by atoms with Crippen LogP contribution in [0.4, 0.5) is 0 Å². The number of ether oxygens (including phenoxy) is 2. The molecule has 2 bridgehead atoms. The van der Waals surface area contributed by atoms with Gasteiger partial charge in [-0.3, -0.25) is 4.55 Å². The van der Waals surface area contributed by atoms with Crippen molar-refractivity contribution in [3.8, 4) is 11.5 Å². The standard InChI is InChI=1S/C18H23NO6S/c1-19-8-7-17-11-5-6-18(20,26(21,22)23)16(17)25-15-13(24-2)4-3-10(14(15)17)9-12(11)19/h3-4,11-12,16,20H,5-9H2,1-2H3,(H,21,22,23)/t11-,12+,16-,17-,18?/m0/s1. The number of methoxy groups -OCH3 is 1. The Morgan fingerprint density at radius 3 is 2.81 bits per heavy atom. The van der Waals surface area contributed by atoms with E-state index in [1.807, 2.05) is 12.1 Å². The third-order valence-corrected chi connectivity index (χ3v) is 8.58. The maximum Gasteiger partial charge on any atom is 0.298 e. The molecule has 7 nitrogen and oxygen atoms in total. The van der Waals surface area contributed by atoms with Crippen LogP contribution in [0.15, 0.2) is 12.1 Å². The van der Waals surface area contributed by atoms with Crippen molar-refractivity contribution < 1.29 is 27.6 Å². The van der Waals surface area contributed by atoms with Crippen LogP contribution in [0.25, 0.3) is 0 Å². The van der Waals surface area contributed by atoms with Crippen molar-refractivity contribution in [1.82, 2.24) is 4.90 Å². The van der Waals surface area contributed by atoms with E-state index in [1.54, 1.807) is 7.11 Å². The molecule has 2 aliphatic carbocycles. The summed E-state index contributed by atoms with van der Waals surface area (Å²) in [6.45, 7) is 0.790. The Morgan fingerprint density at radius 1 is 1.35 bits per heavy atom. The van der Waals surface area contributed by atoms with E-state index in [-0.39, 0.29) is 18.4 Å². The summed E-state index contributed by atoms with van der Waals surface area (Å²) in [5.74, 6) is 1.25. The van der Waals surface area contributed by atoms with Crippen molar-refractivity contribution in [2.75, 3.05) is 20.7 Å². The molecule has 2 fully saturated rings. The Bertz CT molecular complexity index is 901. The fourth-order valence-corrected chi connectivity index (χ4v) is 7.05. The van der Waals surface area contributed by atoms with Crippen LogP contribution in [-0.2, 0) is 22.0 Å². The molecule has 1 saturated heterocycles. The van der Waals surface area contributed by atoms with Crippen molar-refractivity contribution >= 4 is 10.1 Å². The van der Waals surface area contributed by atoms with Crippen LogP contribution in [0.1, 0.15) is 30.4 Å². The first-order valence-corrected chi connectivity index (χ1v) is 10.4. The Balaban J connectivity index is 1.81. The van der Waals surface area contributed by atoms with Crippen LogP contribution in [0.3, 0.4) is 0 Å². The summed E-state index contributed by atoms with van der Waals surface area (Å²) in [5.41, 5.74) is 1.49. The van der Waals surface area contributed by atoms with E-state index in [4.69, 9.17) is 9.47 Å². The average molecular weight is 381 g/mol. The Morgan fingerprint density at radius 2 is 2.12 bits per heavy atom. The third-order valence-electron chi connectivity index (χ3n) is 7.27. The Kier molecular flexibility index (Phi) is 3.18. The molecule has 1 spiro atoms. The zero-order valence-corrected chi connectivity index (χ0v) is 15.6. The van der Waals surface area contributed by atoms with E-state index >= 15 is 0 Å². The maximum absolute atomic E-state index is 12.2. The fourth-order valence-electron chi connectivity index (χ4n) is 6.14. The zero-order valence-electron chi connectivity index (χ0n) is 14.8. The Hall–Kier alpha value is -1.35. The second-order valence-corrected chi connectivity index (χ2v) is 9.79. The number of piperidine rings is 1. The van der Waals surface area contributed by atoms with Gasteiger partial charge in [-0.05, 0) is 56.8 Å². The van der Waals surface area contributed by atoms with Gasteiger partial charge in [-0.15, -0.1) is 0 Å². The molecule has 5 atom stereocenters. The molecule has 0 amide bonds. The predicted molar refractivity (Wildman–Crippen MR) is 93.0 cm³/mol. The van der Waals surface area contributed by atoms with Crippen LogP contribution in [0, 0.1) is 5.92 Å². The van der Waals surface area contributed by atoms with Gasteiger partial charge in [0, 0.05) is 17.0 Å². The first kappa shape index (κ1) is 16.8. The number of hydrogen-bond donors (Lipinski definition) is 2. The second-order valence-electron chi connectivity index (χ2n) is 8.14. The lowest BCUT2D eigenvalue weighted by Crippen LogP contribution is -2.71. The predicted octanol–water partition coefficient (Wildman–Crippen LogP) is 0.941. The van der Waals surface area contributed by atoms with Crippen LogP contribution < -0.4 is 9.47 Å². The summed E-state index contributed by atoms with van der Waals surface area (Å²) >= 11 is 0. The van der Waals surface area contributed by atoms with Gasteiger partial charge in [0.1, 0.15) is 0 Å². The summed E-state index contributed by atoms with van der Waals surface area (Å²) in [4.78, 5) is 0.0264. The number of likely N-dealkylation sites (tertiary alicyclic amines) is 1. The SMILES string of the molecule is COc1ccc2c3c1O[C@@H]1C(O)(S(=O)(=O)O)CC[C@H]4[C@@H](C2)N(C)CC[C@]314. The third kappa shape index (κ3) is 1.72. The average Bonchev–Trinajstić information content (AvgIpc) is 2.94. The molecular formula is C18H23NO6S. The van der Waals surface area contributed by atoms with Gasteiger partial charge < -0.3 is 19.5 Å². The summed E-state index contributed by atoms with van der Waals surface area (Å²) in [5, 5.41) is 11.1. The summed E-state index contributed by atoms with van der Waals surface area (Å²) < 4.78 is 45.8. The van der Waals surface area contributed by atoms with Crippen LogP contribution in [0.5, 0.6) is 11.5 Å². The van der Waals surface area contributed by atoms with Gasteiger partial charge in [0.25, 0.3) is 10.1 Å². The zero-order chi connectivity index (χ0) is 18.5. The van der Waals surface area contributed by atoms with Gasteiger partial charge in [0.2, 0.25) is 4.93 Å². The Labute approximate surface area is 152 Å². The fraction of sp³-hybridized carbons (Fsp3) is 0.667. The lowest BCUT2D eigenvalue weighted by atomic mass is 9.51. The molecular weight excluding hydrogens is 358 g/mol. The number of aliphatic hydroxyl groups is 1. The molecule has 4 aliphatic rings. The minimum atomic E-state index is -4.71. The maximum atomic E-state index is 12.2. The van der Waals surface area contributed by atoms with Gasteiger partial charge in [0.15, 0.2) is 17.6 Å². The molecule has 2 aliphatic heterocycles. The van der Waals surface area contributed by atoms with E-state index < -0.39 is 26.6 Å². The second kappa shape index (κ2) is 4.92. The van der Waals surface area contributed by atoms with E-state index in [9.17, 15) is 18.1 Å². The first-order chi connectivity index (χ1) is 12.2. The van der Waals surface area contributed by atoms with Crippen LogP contribution in [-0.4, -0.2) is 60.8 Å². The monoisotopic (exact) mass is 381 g/mol. The van der Waals surface area contributed by atoms with Gasteiger partial charge in [-0.25, -0.2) is 0 Å². The highest BCUT2D eigenvalue weighted by Crippen LogP contribution is 2.65. The quantitative estimate of drug-likeness (QED) is 0.736. The van der Waals surface area contributed by atoms with Crippen molar-refractivity contribution in [2.45, 2.75) is 48.2 Å². The minimum absolute atomic E-state index is 0.0289.